The molecule has 0 radical (unpaired) electrons. The first-order chi connectivity index (χ1) is 15.0. The van der Waals surface area contributed by atoms with E-state index in [2.05, 4.69) is 16.5 Å². The van der Waals surface area contributed by atoms with Gasteiger partial charge in [-0.3, -0.25) is 14.3 Å². The molecule has 0 aromatic carbocycles. The number of piperidine rings is 1. The zero-order valence-corrected chi connectivity index (χ0v) is 18.8. The van der Waals surface area contributed by atoms with E-state index in [1.807, 2.05) is 23.9 Å². The topological polar surface area (TPSA) is 111 Å². The van der Waals surface area contributed by atoms with E-state index in [9.17, 15) is 22.8 Å². The van der Waals surface area contributed by atoms with Crippen molar-refractivity contribution in [3.05, 3.63) is 23.5 Å². The van der Waals surface area contributed by atoms with Crippen molar-refractivity contribution in [2.75, 3.05) is 19.7 Å². The summed E-state index contributed by atoms with van der Waals surface area (Å²) >= 11 is 1.41. The van der Waals surface area contributed by atoms with E-state index in [0.717, 1.165) is 44.6 Å². The summed E-state index contributed by atoms with van der Waals surface area (Å²) < 4.78 is 38.6. The van der Waals surface area contributed by atoms with E-state index in [4.69, 9.17) is 14.6 Å². The van der Waals surface area contributed by atoms with Crippen LogP contribution in [0.25, 0.3) is 6.08 Å². The molecule has 0 aliphatic carbocycles. The van der Waals surface area contributed by atoms with Crippen LogP contribution in [0.1, 0.15) is 45.2 Å². The maximum atomic E-state index is 11.4. The average Bonchev–Trinajstić information content (AvgIpc) is 3.14. The third kappa shape index (κ3) is 11.3. The first-order valence-electron chi connectivity index (χ1n) is 10.1. The Morgan fingerprint density at radius 2 is 2.06 bits per heavy atom. The van der Waals surface area contributed by atoms with Gasteiger partial charge >= 0.3 is 18.1 Å². The number of carboxylic acid groups (broad SMARTS) is 1. The predicted octanol–water partition coefficient (Wildman–Crippen LogP) is 3.27. The average molecular weight is 480 g/mol. The smallest absolute Gasteiger partial charge is 0.475 e. The minimum atomic E-state index is -5.08. The van der Waals surface area contributed by atoms with E-state index in [1.165, 1.54) is 17.3 Å². The number of unbranched alkanes of at least 4 members (excludes halogenated alkanes) is 1. The van der Waals surface area contributed by atoms with Crippen LogP contribution in [-0.2, 0) is 25.7 Å². The van der Waals surface area contributed by atoms with Gasteiger partial charge in [0.25, 0.3) is 0 Å². The molecule has 2 rings (SSSR count). The molecule has 32 heavy (non-hydrogen) atoms. The molecule has 12 heteroatoms. The number of nitrogens with one attached hydrogen (secondary N) is 1. The molecule has 1 saturated heterocycles. The summed E-state index contributed by atoms with van der Waals surface area (Å²) in [5, 5.41) is 15.5. The minimum absolute atomic E-state index is 0.132. The van der Waals surface area contributed by atoms with Crippen LogP contribution in [0.5, 0.6) is 0 Å². The van der Waals surface area contributed by atoms with Crippen molar-refractivity contribution in [3.8, 4) is 0 Å². The number of hydrogen-bond donors (Lipinski definition) is 2. The molecule has 1 aromatic rings. The van der Waals surface area contributed by atoms with Crippen LogP contribution in [0.3, 0.4) is 0 Å². The monoisotopic (exact) mass is 479 g/mol. The number of hydrogen-bond acceptors (Lipinski definition) is 7. The zero-order valence-electron chi connectivity index (χ0n) is 18.0. The normalized spacial score (nSPS) is 17.4. The molecule has 1 unspecified atom stereocenters. The van der Waals surface area contributed by atoms with Crippen molar-refractivity contribution < 1.29 is 37.4 Å². The number of carboxylic acids is 1. The van der Waals surface area contributed by atoms with Gasteiger partial charge in [-0.15, -0.1) is 0 Å². The zero-order chi connectivity index (χ0) is 24.1. The molecule has 2 heterocycles. The van der Waals surface area contributed by atoms with Gasteiger partial charge in [-0.05, 0) is 50.4 Å². The van der Waals surface area contributed by atoms with Crippen LogP contribution < -0.4 is 5.32 Å². The van der Waals surface area contributed by atoms with E-state index < -0.39 is 12.1 Å². The fraction of sp³-hybridized carbons (Fsp3) is 0.600. The molecule has 0 amide bonds. The SMILES string of the molecule is CCOC(=O)CCCCn1ccc(/C=C2\CNCCC2SC(C)=O)n1.O=C(O)C(F)(F)F. The minimum Gasteiger partial charge on any atom is -0.475 e. The molecule has 0 saturated carbocycles. The Kier molecular flexibility index (Phi) is 12.1. The molecule has 2 N–H and O–H groups in total. The van der Waals surface area contributed by atoms with Gasteiger partial charge in [-0.2, -0.15) is 18.3 Å². The fourth-order valence-corrected chi connectivity index (χ4v) is 3.73. The highest BCUT2D eigenvalue weighted by Gasteiger charge is 2.38. The number of rotatable bonds is 8. The van der Waals surface area contributed by atoms with Crippen molar-refractivity contribution >= 4 is 34.9 Å². The van der Waals surface area contributed by atoms with Gasteiger partial charge in [0, 0.05) is 37.9 Å². The molecule has 1 aliphatic rings. The number of nitrogens with zero attached hydrogens (tertiary/aromatic N) is 2. The Bertz CT molecular complexity index is 796. The number of aliphatic carboxylic acids is 1. The molecule has 1 aliphatic heterocycles. The van der Waals surface area contributed by atoms with Gasteiger partial charge in [0.1, 0.15) is 0 Å². The molecular weight excluding hydrogens is 451 g/mol. The van der Waals surface area contributed by atoms with Gasteiger partial charge in [0.2, 0.25) is 0 Å². The fourth-order valence-electron chi connectivity index (χ4n) is 2.79. The third-order valence-corrected chi connectivity index (χ3v) is 5.35. The highest BCUT2D eigenvalue weighted by molar-refractivity contribution is 8.14. The maximum Gasteiger partial charge on any atom is 0.490 e. The lowest BCUT2D eigenvalue weighted by Gasteiger charge is -2.24. The molecule has 1 aromatic heterocycles. The number of carbonyl (C=O) groups excluding carboxylic acids is 2. The van der Waals surface area contributed by atoms with Crippen LogP contribution in [0, 0.1) is 0 Å². The van der Waals surface area contributed by atoms with Gasteiger partial charge in [0.05, 0.1) is 12.3 Å². The Hall–Kier alpha value is -2.34. The Labute approximate surface area is 188 Å². The number of esters is 1. The van der Waals surface area contributed by atoms with Crippen LogP contribution in [0.4, 0.5) is 13.2 Å². The second kappa shape index (κ2) is 13.9. The summed E-state index contributed by atoms with van der Waals surface area (Å²) in [5.41, 5.74) is 2.14. The predicted molar refractivity (Wildman–Crippen MR) is 114 cm³/mol. The quantitative estimate of drug-likeness (QED) is 0.432. The van der Waals surface area contributed by atoms with E-state index in [1.54, 1.807) is 6.92 Å². The Morgan fingerprint density at radius 1 is 1.38 bits per heavy atom. The lowest BCUT2D eigenvalue weighted by atomic mass is 10.0. The van der Waals surface area contributed by atoms with Gasteiger partial charge in [0.15, 0.2) is 5.12 Å². The number of thioether (sulfide) groups is 1. The second-order valence-corrected chi connectivity index (χ2v) is 8.23. The summed E-state index contributed by atoms with van der Waals surface area (Å²) in [7, 11) is 0. The van der Waals surface area contributed by atoms with E-state index in [0.29, 0.717) is 13.0 Å². The van der Waals surface area contributed by atoms with E-state index >= 15 is 0 Å². The number of carbonyl (C=O) groups is 3. The molecule has 0 bridgehead atoms. The number of halogens is 3. The summed E-state index contributed by atoms with van der Waals surface area (Å²) in [5.74, 6) is -2.89. The summed E-state index contributed by atoms with van der Waals surface area (Å²) in [6.07, 6.45) is 2.07. The van der Waals surface area contributed by atoms with Crippen LogP contribution in [0.15, 0.2) is 17.8 Å². The molecular formula is C20H28F3N3O5S. The van der Waals surface area contributed by atoms with Crippen molar-refractivity contribution in [3.63, 3.8) is 0 Å². The van der Waals surface area contributed by atoms with Crippen LogP contribution in [0.2, 0.25) is 0 Å². The number of aryl methyl sites for hydroxylation is 1. The number of alkyl halides is 3. The highest BCUT2D eigenvalue weighted by Crippen LogP contribution is 2.26. The Morgan fingerprint density at radius 3 is 2.66 bits per heavy atom. The lowest BCUT2D eigenvalue weighted by Crippen LogP contribution is -2.32. The highest BCUT2D eigenvalue weighted by atomic mass is 32.2. The molecule has 0 spiro atoms. The maximum absolute atomic E-state index is 11.4. The first kappa shape index (κ1) is 27.7. The van der Waals surface area contributed by atoms with E-state index in [-0.39, 0.29) is 16.3 Å². The third-order valence-electron chi connectivity index (χ3n) is 4.19. The van der Waals surface area contributed by atoms with Crippen LogP contribution in [-0.4, -0.2) is 63.1 Å². The molecule has 1 fully saturated rings. The summed E-state index contributed by atoms with van der Waals surface area (Å²) in [6, 6.07) is 1.99. The first-order valence-corrected chi connectivity index (χ1v) is 11.0. The van der Waals surface area contributed by atoms with Gasteiger partial charge in [-0.1, -0.05) is 11.8 Å². The van der Waals surface area contributed by atoms with Crippen molar-refractivity contribution in [2.24, 2.45) is 0 Å². The number of ether oxygens (including phenoxy) is 1. The number of aromatic nitrogens is 2. The lowest BCUT2D eigenvalue weighted by molar-refractivity contribution is -0.192. The molecule has 180 valence electrons. The van der Waals surface area contributed by atoms with Gasteiger partial charge in [-0.25, -0.2) is 4.79 Å². The van der Waals surface area contributed by atoms with Crippen molar-refractivity contribution in [2.45, 2.75) is 57.5 Å². The Balaban J connectivity index is 0.000000633. The van der Waals surface area contributed by atoms with Crippen LogP contribution >= 0.6 is 11.8 Å². The summed E-state index contributed by atoms with van der Waals surface area (Å²) in [4.78, 5) is 31.6. The molecule has 8 nitrogen and oxygen atoms in total. The second-order valence-electron chi connectivity index (χ2n) is 6.85. The summed E-state index contributed by atoms with van der Waals surface area (Å²) in [6.45, 7) is 6.41. The van der Waals surface area contributed by atoms with Crippen molar-refractivity contribution in [1.29, 1.82) is 0 Å². The largest absolute Gasteiger partial charge is 0.490 e. The standard InChI is InChI=1S/C18H27N3O3S.C2HF3O2/c1-3-24-18(23)6-4-5-10-21-11-8-16(20-21)12-15-13-19-9-7-17(15)25-14(2)22;3-2(4,5)1(6)7/h8,11-12,17,19H,3-7,9-10,13H2,1-2H3;(H,6,7)/b15-12+;. The van der Waals surface area contributed by atoms with Gasteiger partial charge < -0.3 is 15.2 Å². The van der Waals surface area contributed by atoms with Crippen molar-refractivity contribution in [1.82, 2.24) is 15.1 Å². The molecule has 1 atom stereocenters.